The number of likely N-dealkylation sites (N-methyl/N-ethyl adjacent to an activating group) is 1. The van der Waals surface area contributed by atoms with Gasteiger partial charge in [-0.25, -0.2) is 12.7 Å². The Morgan fingerprint density at radius 1 is 1.10 bits per heavy atom. The molecule has 1 rings (SSSR count). The number of sulfonamides is 1. The van der Waals surface area contributed by atoms with Crippen molar-refractivity contribution < 1.29 is 8.42 Å². The molecule has 0 spiro atoms. The molecule has 1 atom stereocenters. The second-order valence-electron chi connectivity index (χ2n) is 5.34. The minimum atomic E-state index is -3.34. The predicted octanol–water partition coefficient (Wildman–Crippen LogP) is 1.15. The van der Waals surface area contributed by atoms with Gasteiger partial charge in [-0.1, -0.05) is 12.1 Å². The van der Waals surface area contributed by atoms with Crippen molar-refractivity contribution in [2.75, 3.05) is 41.3 Å². The van der Waals surface area contributed by atoms with Crippen molar-refractivity contribution in [2.24, 2.45) is 0 Å². The topological polar surface area (TPSA) is 52.7 Å². The number of nitrogens with one attached hydrogen (secondary N) is 1. The SMILES string of the molecule is CC(NCCN(C)C)c1ccc(S(=O)(=O)N(C)C)cc1. The molecule has 6 heteroatoms. The number of hydrogen-bond acceptors (Lipinski definition) is 4. The number of benzene rings is 1. The lowest BCUT2D eigenvalue weighted by Crippen LogP contribution is -2.28. The van der Waals surface area contributed by atoms with Crippen LogP contribution in [0.3, 0.4) is 0 Å². The van der Waals surface area contributed by atoms with E-state index < -0.39 is 10.0 Å². The van der Waals surface area contributed by atoms with E-state index in [0.717, 1.165) is 18.7 Å². The first kappa shape index (κ1) is 17.1. The Morgan fingerprint density at radius 2 is 1.65 bits per heavy atom. The van der Waals surface area contributed by atoms with Crippen LogP contribution in [0.1, 0.15) is 18.5 Å². The molecule has 1 aromatic carbocycles. The maximum absolute atomic E-state index is 12.0. The largest absolute Gasteiger partial charge is 0.309 e. The van der Waals surface area contributed by atoms with Crippen molar-refractivity contribution in [3.05, 3.63) is 29.8 Å². The molecule has 5 nitrogen and oxygen atoms in total. The lowest BCUT2D eigenvalue weighted by molar-refractivity contribution is 0.389. The van der Waals surface area contributed by atoms with Gasteiger partial charge in [-0.3, -0.25) is 0 Å². The third kappa shape index (κ3) is 4.56. The molecule has 0 aliphatic rings. The summed E-state index contributed by atoms with van der Waals surface area (Å²) in [4.78, 5) is 2.44. The third-order valence-corrected chi connectivity index (χ3v) is 5.00. The molecular formula is C14H25N3O2S. The first-order valence-corrected chi connectivity index (χ1v) is 8.09. The van der Waals surface area contributed by atoms with E-state index in [9.17, 15) is 8.42 Å². The predicted molar refractivity (Wildman–Crippen MR) is 82.3 cm³/mol. The fourth-order valence-corrected chi connectivity index (χ4v) is 2.66. The minimum absolute atomic E-state index is 0.200. The summed E-state index contributed by atoms with van der Waals surface area (Å²) < 4.78 is 25.2. The molecule has 0 amide bonds. The monoisotopic (exact) mass is 299 g/mol. The molecule has 0 heterocycles. The van der Waals surface area contributed by atoms with Crippen LogP contribution in [-0.4, -0.2) is 58.9 Å². The summed E-state index contributed by atoms with van der Waals surface area (Å²) in [5, 5.41) is 3.41. The fraction of sp³-hybridized carbons (Fsp3) is 0.571. The molecule has 0 saturated carbocycles. The van der Waals surface area contributed by atoms with Crippen LogP contribution in [0.15, 0.2) is 29.2 Å². The van der Waals surface area contributed by atoms with Crippen molar-refractivity contribution in [3.63, 3.8) is 0 Å². The summed E-state index contributed by atoms with van der Waals surface area (Å²) in [6.45, 7) is 3.94. The minimum Gasteiger partial charge on any atom is -0.309 e. The van der Waals surface area contributed by atoms with Crippen molar-refractivity contribution in [1.82, 2.24) is 14.5 Å². The molecule has 0 saturated heterocycles. The van der Waals surface area contributed by atoms with Crippen molar-refractivity contribution >= 4 is 10.0 Å². The maximum atomic E-state index is 12.0. The molecule has 0 aliphatic carbocycles. The van der Waals surface area contributed by atoms with E-state index in [0.29, 0.717) is 4.90 Å². The Labute approximate surface area is 122 Å². The number of nitrogens with zero attached hydrogens (tertiary/aromatic N) is 2. The van der Waals surface area contributed by atoms with E-state index in [4.69, 9.17) is 0 Å². The standard InChI is InChI=1S/C14H25N3O2S/c1-12(15-10-11-16(2)3)13-6-8-14(9-7-13)20(18,19)17(4)5/h6-9,12,15H,10-11H2,1-5H3. The molecule has 0 radical (unpaired) electrons. The van der Waals surface area contributed by atoms with Crippen LogP contribution in [0, 0.1) is 0 Å². The van der Waals surface area contributed by atoms with Gasteiger partial charge in [0.15, 0.2) is 0 Å². The smallest absolute Gasteiger partial charge is 0.242 e. The Hall–Kier alpha value is -0.950. The summed E-state index contributed by atoms with van der Waals surface area (Å²) in [5.74, 6) is 0. The van der Waals surface area contributed by atoms with E-state index in [1.165, 1.54) is 18.4 Å². The highest BCUT2D eigenvalue weighted by Gasteiger charge is 2.17. The molecule has 0 aromatic heterocycles. The van der Waals surface area contributed by atoms with Crippen LogP contribution in [0.5, 0.6) is 0 Å². The van der Waals surface area contributed by atoms with E-state index in [2.05, 4.69) is 17.1 Å². The van der Waals surface area contributed by atoms with Gasteiger partial charge < -0.3 is 10.2 Å². The number of hydrogen-bond donors (Lipinski definition) is 1. The lowest BCUT2D eigenvalue weighted by atomic mass is 10.1. The maximum Gasteiger partial charge on any atom is 0.242 e. The van der Waals surface area contributed by atoms with E-state index in [-0.39, 0.29) is 6.04 Å². The highest BCUT2D eigenvalue weighted by Crippen LogP contribution is 2.17. The summed E-state index contributed by atoms with van der Waals surface area (Å²) in [6.07, 6.45) is 0. The quantitative estimate of drug-likeness (QED) is 0.820. The van der Waals surface area contributed by atoms with Crippen LogP contribution in [-0.2, 0) is 10.0 Å². The van der Waals surface area contributed by atoms with Gasteiger partial charge >= 0.3 is 0 Å². The van der Waals surface area contributed by atoms with Crippen LogP contribution >= 0.6 is 0 Å². The first-order chi connectivity index (χ1) is 9.25. The van der Waals surface area contributed by atoms with Gasteiger partial charge in [-0.05, 0) is 38.7 Å². The molecule has 1 aromatic rings. The fourth-order valence-electron chi connectivity index (χ4n) is 1.76. The van der Waals surface area contributed by atoms with E-state index in [1.807, 2.05) is 26.2 Å². The molecule has 1 N–H and O–H groups in total. The Kier molecular flexibility index (Phi) is 6.13. The number of rotatable bonds is 7. The third-order valence-electron chi connectivity index (χ3n) is 3.17. The molecule has 0 bridgehead atoms. The van der Waals surface area contributed by atoms with Gasteiger partial charge in [-0.2, -0.15) is 0 Å². The van der Waals surface area contributed by atoms with Gasteiger partial charge in [0.25, 0.3) is 0 Å². The summed E-state index contributed by atoms with van der Waals surface area (Å²) in [5.41, 5.74) is 1.08. The second kappa shape index (κ2) is 7.17. The van der Waals surface area contributed by atoms with Gasteiger partial charge in [0.05, 0.1) is 4.90 Å². The van der Waals surface area contributed by atoms with Crippen LogP contribution in [0.4, 0.5) is 0 Å². The van der Waals surface area contributed by atoms with Gasteiger partial charge in [0.2, 0.25) is 10.0 Å². The molecule has 0 aliphatic heterocycles. The molecule has 20 heavy (non-hydrogen) atoms. The van der Waals surface area contributed by atoms with E-state index >= 15 is 0 Å². The highest BCUT2D eigenvalue weighted by molar-refractivity contribution is 7.89. The molecule has 0 fully saturated rings. The lowest BCUT2D eigenvalue weighted by Gasteiger charge is -2.17. The second-order valence-corrected chi connectivity index (χ2v) is 7.49. The van der Waals surface area contributed by atoms with Crippen molar-refractivity contribution in [1.29, 1.82) is 0 Å². The summed E-state index contributed by atoms with van der Waals surface area (Å²) in [7, 11) is 3.80. The van der Waals surface area contributed by atoms with Gasteiger partial charge in [0.1, 0.15) is 0 Å². The summed E-state index contributed by atoms with van der Waals surface area (Å²) >= 11 is 0. The van der Waals surface area contributed by atoms with Crippen LogP contribution < -0.4 is 5.32 Å². The zero-order valence-corrected chi connectivity index (χ0v) is 13.7. The van der Waals surface area contributed by atoms with E-state index in [1.54, 1.807) is 12.1 Å². The Bertz CT molecular complexity index is 510. The first-order valence-electron chi connectivity index (χ1n) is 6.65. The van der Waals surface area contributed by atoms with Gasteiger partial charge in [-0.15, -0.1) is 0 Å². The molecule has 114 valence electrons. The van der Waals surface area contributed by atoms with Crippen LogP contribution in [0.2, 0.25) is 0 Å². The zero-order chi connectivity index (χ0) is 15.3. The average Bonchev–Trinajstić information content (AvgIpc) is 2.38. The zero-order valence-electron chi connectivity index (χ0n) is 12.9. The Morgan fingerprint density at radius 3 is 2.10 bits per heavy atom. The van der Waals surface area contributed by atoms with Crippen LogP contribution in [0.25, 0.3) is 0 Å². The Balaban J connectivity index is 2.72. The molecule has 1 unspecified atom stereocenters. The molecular weight excluding hydrogens is 274 g/mol. The summed E-state index contributed by atoms with van der Waals surface area (Å²) in [6, 6.07) is 7.25. The average molecular weight is 299 g/mol. The normalized spacial score (nSPS) is 13.9. The van der Waals surface area contributed by atoms with Gasteiger partial charge in [0, 0.05) is 33.2 Å². The van der Waals surface area contributed by atoms with Crippen molar-refractivity contribution in [2.45, 2.75) is 17.9 Å². The van der Waals surface area contributed by atoms with Crippen molar-refractivity contribution in [3.8, 4) is 0 Å². The highest BCUT2D eigenvalue weighted by atomic mass is 32.2.